The molecule has 0 radical (unpaired) electrons. The molecule has 0 fully saturated rings. The van der Waals surface area contributed by atoms with Crippen LogP contribution < -0.4 is 5.56 Å². The van der Waals surface area contributed by atoms with Gasteiger partial charge in [0.25, 0.3) is 5.56 Å². The molecule has 0 bridgehead atoms. The summed E-state index contributed by atoms with van der Waals surface area (Å²) in [6, 6.07) is 76.8. The largest absolute Gasteiger partial charge is 0.309 e. The number of fused-ring (bicyclic) bond motifs is 14. The van der Waals surface area contributed by atoms with Crippen LogP contribution in [0, 0.1) is 0 Å². The van der Waals surface area contributed by atoms with Crippen molar-refractivity contribution in [2.45, 2.75) is 0 Å². The third-order valence-corrected chi connectivity index (χ3v) is 15.4. The summed E-state index contributed by atoms with van der Waals surface area (Å²) >= 11 is 1.85. The van der Waals surface area contributed by atoms with Gasteiger partial charge in [-0.3, -0.25) is 9.20 Å². The average Bonchev–Trinajstić information content (AvgIpc) is 4.12. The van der Waals surface area contributed by atoms with Gasteiger partial charge in [0, 0.05) is 80.2 Å². The number of pyridine rings is 1. The molecule has 5 aromatic heterocycles. The maximum atomic E-state index is 14.2. The molecule has 0 saturated heterocycles. The number of benzene rings is 10. The van der Waals surface area contributed by atoms with Crippen LogP contribution in [0.5, 0.6) is 0 Å². The minimum absolute atomic E-state index is 0.0230. The van der Waals surface area contributed by atoms with Crippen LogP contribution in [0.1, 0.15) is 0 Å². The van der Waals surface area contributed by atoms with Crippen LogP contribution in [0.2, 0.25) is 0 Å². The smallest absolute Gasteiger partial charge is 0.263 e. The van der Waals surface area contributed by atoms with Gasteiger partial charge in [0.2, 0.25) is 0 Å². The number of aromatic nitrogens is 3. The van der Waals surface area contributed by atoms with E-state index < -0.39 is 0 Å². The van der Waals surface area contributed by atoms with Crippen molar-refractivity contribution in [2.24, 2.45) is 0 Å². The Balaban J connectivity index is 1.00. The molecule has 0 spiro atoms. The molecular formula is C61H35N3OS. The van der Waals surface area contributed by atoms with E-state index in [2.05, 4.69) is 203 Å². The summed E-state index contributed by atoms with van der Waals surface area (Å²) in [6.45, 7) is 0. The highest BCUT2D eigenvalue weighted by atomic mass is 32.1. The molecule has 0 saturated carbocycles. The van der Waals surface area contributed by atoms with Gasteiger partial charge in [-0.25, -0.2) is 0 Å². The number of hydrogen-bond donors (Lipinski definition) is 0. The molecule has 5 heteroatoms. The van der Waals surface area contributed by atoms with Gasteiger partial charge in [-0.1, -0.05) is 140 Å². The zero-order chi connectivity index (χ0) is 43.2. The predicted molar refractivity (Wildman–Crippen MR) is 280 cm³/mol. The second kappa shape index (κ2) is 13.3. The summed E-state index contributed by atoms with van der Waals surface area (Å²) in [5.41, 5.74) is 13.6. The monoisotopic (exact) mass is 857 g/mol. The maximum absolute atomic E-state index is 14.2. The van der Waals surface area contributed by atoms with Crippen LogP contribution in [-0.2, 0) is 0 Å². The molecule has 0 aliphatic carbocycles. The van der Waals surface area contributed by atoms with Gasteiger partial charge in [0.15, 0.2) is 0 Å². The van der Waals surface area contributed by atoms with Gasteiger partial charge in [-0.2, -0.15) is 0 Å². The van der Waals surface area contributed by atoms with E-state index in [4.69, 9.17) is 0 Å². The molecule has 4 nitrogen and oxygen atoms in total. The Morgan fingerprint density at radius 2 is 0.939 bits per heavy atom. The van der Waals surface area contributed by atoms with Gasteiger partial charge in [0.1, 0.15) is 0 Å². The predicted octanol–water partition coefficient (Wildman–Crippen LogP) is 16.1. The number of thiophene rings is 1. The summed E-state index contributed by atoms with van der Waals surface area (Å²) in [6.07, 6.45) is 0. The summed E-state index contributed by atoms with van der Waals surface area (Å²) < 4.78 is 9.32. The van der Waals surface area contributed by atoms with Crippen molar-refractivity contribution in [3.8, 4) is 33.6 Å². The average molecular weight is 858 g/mol. The molecule has 15 aromatic rings. The molecule has 306 valence electrons. The van der Waals surface area contributed by atoms with Crippen LogP contribution in [-0.4, -0.2) is 13.5 Å². The van der Waals surface area contributed by atoms with E-state index >= 15 is 0 Å². The molecule has 0 amide bonds. The molecular weight excluding hydrogens is 823 g/mol. The van der Waals surface area contributed by atoms with Crippen molar-refractivity contribution < 1.29 is 0 Å². The van der Waals surface area contributed by atoms with Gasteiger partial charge in [-0.05, 0) is 94.9 Å². The third kappa shape index (κ3) is 4.79. The first-order valence-corrected chi connectivity index (χ1v) is 23.3. The van der Waals surface area contributed by atoms with Crippen LogP contribution in [0.3, 0.4) is 0 Å². The molecule has 5 heterocycles. The van der Waals surface area contributed by atoms with Crippen molar-refractivity contribution in [1.82, 2.24) is 13.5 Å². The number of rotatable bonds is 4. The third-order valence-electron chi connectivity index (χ3n) is 14.2. The number of para-hydroxylation sites is 4. The van der Waals surface area contributed by atoms with E-state index in [9.17, 15) is 4.79 Å². The normalized spacial score (nSPS) is 12.3. The summed E-state index contributed by atoms with van der Waals surface area (Å²) in [4.78, 5) is 14.2. The van der Waals surface area contributed by atoms with E-state index in [0.717, 1.165) is 65.9 Å². The highest BCUT2D eigenvalue weighted by Gasteiger charge is 2.22. The molecule has 0 aliphatic rings. The fourth-order valence-corrected chi connectivity index (χ4v) is 12.6. The molecule has 0 atom stereocenters. The van der Waals surface area contributed by atoms with Crippen LogP contribution in [0.25, 0.3) is 135 Å². The summed E-state index contributed by atoms with van der Waals surface area (Å²) in [7, 11) is 0. The Bertz CT molecular complexity index is 4610. The van der Waals surface area contributed by atoms with E-state index in [-0.39, 0.29) is 5.56 Å². The summed E-state index contributed by atoms with van der Waals surface area (Å²) in [5.74, 6) is 0. The van der Waals surface area contributed by atoms with Crippen molar-refractivity contribution in [2.75, 3.05) is 0 Å². The van der Waals surface area contributed by atoms with Crippen LogP contribution in [0.4, 0.5) is 0 Å². The topological polar surface area (TPSA) is 31.3 Å². The zero-order valence-corrected chi connectivity index (χ0v) is 36.2. The lowest BCUT2D eigenvalue weighted by Gasteiger charge is -2.13. The molecule has 0 unspecified atom stereocenters. The lowest BCUT2D eigenvalue weighted by atomic mass is 9.98. The minimum Gasteiger partial charge on any atom is -0.309 e. The Hall–Kier alpha value is -8.51. The highest BCUT2D eigenvalue weighted by molar-refractivity contribution is 7.26. The van der Waals surface area contributed by atoms with Gasteiger partial charge in [-0.15, -0.1) is 11.3 Å². The first-order chi connectivity index (χ1) is 32.7. The fraction of sp³-hybridized carbons (Fsp3) is 0. The first-order valence-electron chi connectivity index (χ1n) is 22.5. The van der Waals surface area contributed by atoms with E-state index in [1.54, 1.807) is 0 Å². The Labute approximate surface area is 381 Å². The van der Waals surface area contributed by atoms with Gasteiger partial charge in [0.05, 0.1) is 33.1 Å². The lowest BCUT2D eigenvalue weighted by molar-refractivity contribution is 1.18. The highest BCUT2D eigenvalue weighted by Crippen LogP contribution is 2.46. The van der Waals surface area contributed by atoms with E-state index in [1.165, 1.54) is 69.4 Å². The Kier molecular flexibility index (Phi) is 7.22. The number of nitrogens with zero attached hydrogens (tertiary/aromatic N) is 3. The molecule has 0 aliphatic heterocycles. The van der Waals surface area contributed by atoms with Crippen LogP contribution >= 0.6 is 11.3 Å². The first kappa shape index (κ1) is 35.9. The quantitative estimate of drug-likeness (QED) is 0.162. The second-order valence-corrected chi connectivity index (χ2v) is 18.6. The molecule has 0 N–H and O–H groups in total. The summed E-state index contributed by atoms with van der Waals surface area (Å²) in [5, 5.41) is 12.4. The number of hydrogen-bond acceptors (Lipinski definition) is 2. The SMILES string of the molecule is O=c1c2ccccc2c2cccc3c4cc(-c5cc(-n6c7ccccc7c7ccc(-c8cccc9c8c8ccccc8n9-c8ccccc8)cc76)cc6c5sc5ccccc56)ccc4n1c23. The van der Waals surface area contributed by atoms with Gasteiger partial charge >= 0.3 is 0 Å². The molecule has 66 heavy (non-hydrogen) atoms. The van der Waals surface area contributed by atoms with Crippen molar-refractivity contribution in [3.63, 3.8) is 0 Å². The molecule has 15 rings (SSSR count). The fourth-order valence-electron chi connectivity index (χ4n) is 11.4. The van der Waals surface area contributed by atoms with E-state index in [1.807, 2.05) is 33.9 Å². The van der Waals surface area contributed by atoms with Crippen molar-refractivity contribution >= 4 is 113 Å². The standard InChI is InChI=1S/C61H35N3OS/c65-61-47-19-5-4-16-41(47)45-22-12-23-46-50-32-36(29-31-54(50)64(61)59(45)46)49-34-39(35-51-44-18-8-11-27-57(44)66-60(49)51)63-52-24-9-6-17-42(52)43-30-28-37(33-56(43)63)40-21-13-26-55-58(40)48-20-7-10-25-53(48)62(55)38-14-2-1-3-15-38/h1-35H. The van der Waals surface area contributed by atoms with E-state index in [0.29, 0.717) is 0 Å². The molecule has 10 aromatic carbocycles. The van der Waals surface area contributed by atoms with Gasteiger partial charge < -0.3 is 9.13 Å². The van der Waals surface area contributed by atoms with Crippen molar-refractivity contribution in [3.05, 3.63) is 223 Å². The van der Waals surface area contributed by atoms with Crippen LogP contribution in [0.15, 0.2) is 217 Å². The maximum Gasteiger partial charge on any atom is 0.263 e. The second-order valence-electron chi connectivity index (χ2n) is 17.6. The zero-order valence-electron chi connectivity index (χ0n) is 35.4. The van der Waals surface area contributed by atoms with Crippen molar-refractivity contribution in [1.29, 1.82) is 0 Å². The lowest BCUT2D eigenvalue weighted by Crippen LogP contribution is -2.12. The Morgan fingerprint density at radius 1 is 0.333 bits per heavy atom. The Morgan fingerprint density at radius 3 is 1.79 bits per heavy atom. The minimum atomic E-state index is 0.0230.